The van der Waals surface area contributed by atoms with Gasteiger partial charge >= 0.3 is 6.00 Å². The molecule has 0 bridgehead atoms. The molecule has 0 heterocycles. The van der Waals surface area contributed by atoms with Crippen molar-refractivity contribution < 1.29 is 0 Å². The fourth-order valence-electron chi connectivity index (χ4n) is 1.03. The van der Waals surface area contributed by atoms with E-state index in [0.29, 0.717) is 0 Å². The van der Waals surface area contributed by atoms with Crippen molar-refractivity contribution in [2.24, 2.45) is 0 Å². The van der Waals surface area contributed by atoms with Gasteiger partial charge in [-0.3, -0.25) is 0 Å². The predicted molar refractivity (Wildman–Crippen MR) is 61.2 cm³/mol. The summed E-state index contributed by atoms with van der Waals surface area (Å²) in [6, 6.07) is -1.51. The van der Waals surface area contributed by atoms with Crippen LogP contribution in [-0.4, -0.2) is 6.00 Å². The van der Waals surface area contributed by atoms with Crippen molar-refractivity contribution in [3.05, 3.63) is 6.92 Å². The Morgan fingerprint density at radius 3 is 1.83 bits per heavy atom. The largest absolute Gasteiger partial charge is 0.341 e. The van der Waals surface area contributed by atoms with Crippen LogP contribution in [0.15, 0.2) is 0 Å². The quantitative estimate of drug-likeness (QED) is 0.343. The summed E-state index contributed by atoms with van der Waals surface area (Å²) < 4.78 is 0. The highest BCUT2D eigenvalue weighted by atomic mass is 35.8. The Bertz CT molecular complexity index is 101. The summed E-state index contributed by atoms with van der Waals surface area (Å²) >= 11 is 17.2. The second-order valence-corrected chi connectivity index (χ2v) is 12.3. The standard InChI is InChI=1S/C8H16Cl3Si/c1-2-3-4-5-6-7-8-12(9,10)11/h1-8H2. The van der Waals surface area contributed by atoms with Gasteiger partial charge in [0.1, 0.15) is 0 Å². The first kappa shape index (κ1) is 13.1. The van der Waals surface area contributed by atoms with Gasteiger partial charge in [-0.1, -0.05) is 45.4 Å². The van der Waals surface area contributed by atoms with Gasteiger partial charge in [0.25, 0.3) is 0 Å². The van der Waals surface area contributed by atoms with Crippen LogP contribution >= 0.6 is 33.2 Å². The first-order chi connectivity index (χ1) is 5.56. The molecule has 0 N–H and O–H groups in total. The van der Waals surface area contributed by atoms with Gasteiger partial charge in [0.05, 0.1) is 0 Å². The molecule has 0 fully saturated rings. The van der Waals surface area contributed by atoms with Crippen molar-refractivity contribution in [3.63, 3.8) is 0 Å². The highest BCUT2D eigenvalue weighted by molar-refractivity contribution is 7.64. The summed E-state index contributed by atoms with van der Waals surface area (Å²) in [5.74, 6) is 0. The van der Waals surface area contributed by atoms with Crippen molar-refractivity contribution in [2.45, 2.75) is 44.6 Å². The van der Waals surface area contributed by atoms with Gasteiger partial charge in [0, 0.05) is 0 Å². The molecular weight excluding hydrogens is 231 g/mol. The third kappa shape index (κ3) is 11.1. The van der Waals surface area contributed by atoms with Crippen LogP contribution in [0, 0.1) is 6.92 Å². The Kier molecular flexibility index (Phi) is 8.17. The molecule has 1 radical (unpaired) electrons. The molecular formula is C8H16Cl3Si. The molecule has 0 rings (SSSR count). The van der Waals surface area contributed by atoms with Gasteiger partial charge in [-0.2, -0.15) is 0 Å². The molecule has 0 saturated carbocycles. The lowest BCUT2D eigenvalue weighted by Gasteiger charge is -2.06. The average molecular weight is 247 g/mol. The maximum atomic E-state index is 5.73. The van der Waals surface area contributed by atoms with Gasteiger partial charge < -0.3 is 0 Å². The molecule has 0 saturated heterocycles. The van der Waals surface area contributed by atoms with Gasteiger partial charge in [0.2, 0.25) is 0 Å². The lowest BCUT2D eigenvalue weighted by Crippen LogP contribution is -2.07. The van der Waals surface area contributed by atoms with Crippen LogP contribution in [0.1, 0.15) is 38.5 Å². The molecule has 4 heteroatoms. The van der Waals surface area contributed by atoms with E-state index in [9.17, 15) is 0 Å². The summed E-state index contributed by atoms with van der Waals surface area (Å²) in [5.41, 5.74) is 0. The van der Waals surface area contributed by atoms with Crippen molar-refractivity contribution in [3.8, 4) is 0 Å². The lowest BCUT2D eigenvalue weighted by molar-refractivity contribution is 0.636. The maximum absolute atomic E-state index is 5.73. The predicted octanol–water partition coefficient (Wildman–Crippen LogP) is 4.82. The first-order valence-electron chi connectivity index (χ1n) is 4.42. The number of rotatable bonds is 7. The normalized spacial score (nSPS) is 12.0. The zero-order valence-corrected chi connectivity index (χ0v) is 10.6. The number of hydrogen-bond donors (Lipinski definition) is 0. The van der Waals surface area contributed by atoms with Gasteiger partial charge in [0.15, 0.2) is 0 Å². The van der Waals surface area contributed by atoms with Crippen LogP contribution in [0.25, 0.3) is 0 Å². The molecule has 0 aromatic heterocycles. The van der Waals surface area contributed by atoms with E-state index in [-0.39, 0.29) is 0 Å². The molecule has 0 atom stereocenters. The molecule has 0 aromatic rings. The highest BCUT2D eigenvalue weighted by Crippen LogP contribution is 2.27. The second-order valence-electron chi connectivity index (χ2n) is 2.99. The lowest BCUT2D eigenvalue weighted by atomic mass is 10.1. The summed E-state index contributed by atoms with van der Waals surface area (Å²) in [5, 5.41) is 0. The summed E-state index contributed by atoms with van der Waals surface area (Å²) in [7, 11) is 0. The van der Waals surface area contributed by atoms with E-state index >= 15 is 0 Å². The average Bonchev–Trinajstić information content (AvgIpc) is 1.94. The summed E-state index contributed by atoms with van der Waals surface area (Å²) in [6.45, 7) is 3.79. The Labute approximate surface area is 90.7 Å². The minimum atomic E-state index is -2.32. The molecule has 0 spiro atoms. The molecule has 0 amide bonds. The van der Waals surface area contributed by atoms with Crippen LogP contribution in [0.5, 0.6) is 0 Å². The van der Waals surface area contributed by atoms with Gasteiger partial charge in [-0.15, -0.1) is 33.2 Å². The Morgan fingerprint density at radius 2 is 1.33 bits per heavy atom. The third-order valence-electron chi connectivity index (χ3n) is 1.71. The fourth-order valence-corrected chi connectivity index (χ4v) is 2.89. The topological polar surface area (TPSA) is 0 Å². The van der Waals surface area contributed by atoms with Crippen molar-refractivity contribution >= 4 is 39.2 Å². The van der Waals surface area contributed by atoms with E-state index in [1.807, 2.05) is 0 Å². The highest BCUT2D eigenvalue weighted by Gasteiger charge is 2.23. The maximum Gasteiger partial charge on any atom is 0.341 e. The third-order valence-corrected chi connectivity index (χ3v) is 4.33. The molecule has 0 aliphatic heterocycles. The molecule has 0 unspecified atom stereocenters. The molecule has 73 valence electrons. The van der Waals surface area contributed by atoms with Gasteiger partial charge in [-0.05, 0) is 6.04 Å². The number of unbranched alkanes of at least 4 members (excludes halogenated alkanes) is 5. The molecule has 0 aromatic carbocycles. The Hall–Kier alpha value is 1.09. The molecule has 0 aliphatic carbocycles. The zero-order valence-electron chi connectivity index (χ0n) is 7.29. The molecule has 0 nitrogen and oxygen atoms in total. The number of hydrogen-bond acceptors (Lipinski definition) is 0. The van der Waals surface area contributed by atoms with Crippen LogP contribution in [0.3, 0.4) is 0 Å². The smallest absolute Gasteiger partial charge is 0.126 e. The monoisotopic (exact) mass is 245 g/mol. The minimum Gasteiger partial charge on any atom is -0.126 e. The van der Waals surface area contributed by atoms with Crippen molar-refractivity contribution in [1.82, 2.24) is 0 Å². The van der Waals surface area contributed by atoms with Crippen LogP contribution < -0.4 is 0 Å². The Morgan fingerprint density at radius 1 is 0.833 bits per heavy atom. The first-order valence-corrected chi connectivity index (χ1v) is 9.66. The van der Waals surface area contributed by atoms with E-state index in [2.05, 4.69) is 6.92 Å². The molecule has 0 aliphatic rings. The fraction of sp³-hybridized carbons (Fsp3) is 0.875. The zero-order chi connectivity index (χ0) is 9.45. The van der Waals surface area contributed by atoms with Crippen LogP contribution in [0.2, 0.25) is 6.04 Å². The summed E-state index contributed by atoms with van der Waals surface area (Å²) in [4.78, 5) is 0. The number of halogens is 3. The second kappa shape index (κ2) is 7.49. The van der Waals surface area contributed by atoms with Crippen LogP contribution in [0.4, 0.5) is 0 Å². The van der Waals surface area contributed by atoms with Crippen molar-refractivity contribution in [1.29, 1.82) is 0 Å². The SMILES string of the molecule is [CH2]CCCCCCC[Si](Cl)(Cl)Cl. The van der Waals surface area contributed by atoms with Crippen LogP contribution in [-0.2, 0) is 0 Å². The van der Waals surface area contributed by atoms with Gasteiger partial charge in [-0.25, -0.2) is 0 Å². The summed E-state index contributed by atoms with van der Waals surface area (Å²) in [6.07, 6.45) is 7.06. The van der Waals surface area contributed by atoms with E-state index in [1.165, 1.54) is 25.7 Å². The van der Waals surface area contributed by atoms with Crippen molar-refractivity contribution in [2.75, 3.05) is 0 Å². The minimum absolute atomic E-state index is 0.808. The van der Waals surface area contributed by atoms with E-state index < -0.39 is 6.00 Å². The van der Waals surface area contributed by atoms with E-state index in [1.54, 1.807) is 0 Å². The van der Waals surface area contributed by atoms with E-state index in [4.69, 9.17) is 33.2 Å². The molecule has 12 heavy (non-hydrogen) atoms. The van der Waals surface area contributed by atoms with E-state index in [0.717, 1.165) is 18.9 Å². The Balaban J connectivity index is 3.01.